The Kier molecular flexibility index (Phi) is 6.06. The van der Waals surface area contributed by atoms with Crippen molar-refractivity contribution in [1.82, 2.24) is 0 Å². The Balaban J connectivity index is 1.81. The number of ether oxygens (including phenoxy) is 1. The van der Waals surface area contributed by atoms with Crippen LogP contribution in [0.5, 0.6) is 11.5 Å². The van der Waals surface area contributed by atoms with Gasteiger partial charge in [0.2, 0.25) is 5.75 Å². The number of benzene rings is 4. The summed E-state index contributed by atoms with van der Waals surface area (Å²) in [6, 6.07) is 18.8. The zero-order valence-electron chi connectivity index (χ0n) is 18.3. The Morgan fingerprint density at radius 1 is 0.912 bits per heavy atom. The van der Waals surface area contributed by atoms with Gasteiger partial charge in [-0.25, -0.2) is 0 Å². The average molecular weight is 464 g/mol. The Morgan fingerprint density at radius 2 is 1.65 bits per heavy atom. The first-order valence-corrected chi connectivity index (χ1v) is 10.3. The lowest BCUT2D eigenvalue weighted by Gasteiger charge is -2.13. The Labute approximate surface area is 193 Å². The number of alkyl halides is 3. The zero-order chi connectivity index (χ0) is 24.5. The van der Waals surface area contributed by atoms with E-state index >= 15 is 0 Å². The lowest BCUT2D eigenvalue weighted by atomic mass is 10.0. The molecule has 0 heterocycles. The second-order valence-electron chi connectivity index (χ2n) is 7.76. The molecule has 0 radical (unpaired) electrons. The first-order chi connectivity index (χ1) is 16.1. The summed E-state index contributed by atoms with van der Waals surface area (Å²) in [5.74, 6) is -0.0664. The molecule has 34 heavy (non-hydrogen) atoms. The van der Waals surface area contributed by atoms with Crippen LogP contribution in [0.3, 0.4) is 0 Å². The van der Waals surface area contributed by atoms with E-state index in [1.165, 1.54) is 0 Å². The van der Waals surface area contributed by atoms with Gasteiger partial charge in [0.05, 0.1) is 16.2 Å². The van der Waals surface area contributed by atoms with E-state index in [9.17, 15) is 23.3 Å². The second-order valence-corrected chi connectivity index (χ2v) is 7.76. The lowest BCUT2D eigenvalue weighted by Crippen LogP contribution is -2.06. The van der Waals surface area contributed by atoms with Crippen molar-refractivity contribution in [2.45, 2.75) is 20.0 Å². The maximum atomic E-state index is 13.1. The lowest BCUT2D eigenvalue weighted by molar-refractivity contribution is -0.385. The fourth-order valence-corrected chi connectivity index (χ4v) is 3.48. The molecule has 0 atom stereocenters. The zero-order valence-corrected chi connectivity index (χ0v) is 18.3. The maximum absolute atomic E-state index is 13.1. The molecule has 4 rings (SSSR count). The third-order valence-corrected chi connectivity index (χ3v) is 5.47. The first kappa shape index (κ1) is 23.0. The van der Waals surface area contributed by atoms with Gasteiger partial charge in [-0.3, -0.25) is 15.1 Å². The van der Waals surface area contributed by atoms with Crippen LogP contribution in [-0.4, -0.2) is 11.1 Å². The first-order valence-electron chi connectivity index (χ1n) is 10.3. The van der Waals surface area contributed by atoms with Crippen LogP contribution in [0.1, 0.15) is 22.3 Å². The van der Waals surface area contributed by atoms with Gasteiger partial charge < -0.3 is 4.74 Å². The summed E-state index contributed by atoms with van der Waals surface area (Å²) in [5.41, 5.74) is 1.56. The number of nitro groups is 1. The largest absolute Gasteiger partial charge is 0.449 e. The van der Waals surface area contributed by atoms with E-state index < -0.39 is 22.4 Å². The Bertz CT molecular complexity index is 1430. The molecule has 0 spiro atoms. The van der Waals surface area contributed by atoms with Crippen molar-refractivity contribution in [1.29, 1.82) is 0 Å². The third kappa shape index (κ3) is 4.76. The molecule has 0 unspecified atom stereocenters. The number of rotatable bonds is 5. The third-order valence-electron chi connectivity index (χ3n) is 5.47. The summed E-state index contributed by atoms with van der Waals surface area (Å²) >= 11 is 0. The van der Waals surface area contributed by atoms with E-state index in [0.717, 1.165) is 34.0 Å². The minimum absolute atomic E-state index is 0.231. The molecule has 0 aliphatic rings. The SMILES string of the molecule is Cc1ccc(N=Cc2c(Oc3ccc(C(F)(F)F)cc3[N+](=O)[O-])ccc3ccccc23)cc1C. The molecular formula is C26H19F3N2O3. The highest BCUT2D eigenvalue weighted by molar-refractivity contribution is 6.03. The molecule has 0 bridgehead atoms. The molecule has 4 aromatic rings. The highest BCUT2D eigenvalue weighted by atomic mass is 19.4. The van der Waals surface area contributed by atoms with Gasteiger partial charge in [-0.15, -0.1) is 0 Å². The summed E-state index contributed by atoms with van der Waals surface area (Å²) in [4.78, 5) is 15.1. The number of hydrogen-bond donors (Lipinski definition) is 0. The second kappa shape index (κ2) is 8.97. The predicted octanol–water partition coefficient (Wildman–Crippen LogP) is 7.93. The molecule has 0 N–H and O–H groups in total. The summed E-state index contributed by atoms with van der Waals surface area (Å²) in [6.07, 6.45) is -3.12. The van der Waals surface area contributed by atoms with Gasteiger partial charge in [0, 0.05) is 17.8 Å². The number of nitrogens with zero attached hydrogens (tertiary/aromatic N) is 2. The molecule has 8 heteroatoms. The molecule has 0 amide bonds. The molecule has 4 aromatic carbocycles. The van der Waals surface area contributed by atoms with E-state index in [0.29, 0.717) is 17.3 Å². The summed E-state index contributed by atoms with van der Waals surface area (Å²) in [7, 11) is 0. The van der Waals surface area contributed by atoms with Crippen molar-refractivity contribution in [3.8, 4) is 11.5 Å². The van der Waals surface area contributed by atoms with Crippen molar-refractivity contribution in [2.24, 2.45) is 4.99 Å². The number of hydrogen-bond acceptors (Lipinski definition) is 4. The van der Waals surface area contributed by atoms with Gasteiger partial charge in [-0.05, 0) is 66.1 Å². The van der Waals surface area contributed by atoms with Crippen molar-refractivity contribution >= 4 is 28.4 Å². The van der Waals surface area contributed by atoms with Crippen LogP contribution >= 0.6 is 0 Å². The van der Waals surface area contributed by atoms with Gasteiger partial charge in [-0.2, -0.15) is 13.2 Å². The fourth-order valence-electron chi connectivity index (χ4n) is 3.48. The van der Waals surface area contributed by atoms with E-state index in [4.69, 9.17) is 4.74 Å². The highest BCUT2D eigenvalue weighted by Crippen LogP contribution is 2.39. The van der Waals surface area contributed by atoms with Crippen molar-refractivity contribution < 1.29 is 22.8 Å². The van der Waals surface area contributed by atoms with Crippen LogP contribution in [0.4, 0.5) is 24.5 Å². The molecule has 0 aromatic heterocycles. The number of aliphatic imine (C=N–C) groups is 1. The van der Waals surface area contributed by atoms with E-state index in [1.54, 1.807) is 18.3 Å². The standard InChI is InChI=1S/C26H19F3N2O3/c1-16-7-10-20(13-17(16)2)30-15-22-21-6-4-3-5-18(21)8-11-24(22)34-25-12-9-19(26(27,28)29)14-23(25)31(32)33/h3-15H,1-2H3. The molecule has 0 saturated heterocycles. The monoisotopic (exact) mass is 464 g/mol. The number of fused-ring (bicyclic) bond motifs is 1. The molecule has 0 aliphatic heterocycles. The molecule has 0 fully saturated rings. The van der Waals surface area contributed by atoms with Gasteiger partial charge in [0.25, 0.3) is 0 Å². The Hall–Kier alpha value is -4.20. The molecular weight excluding hydrogens is 445 g/mol. The quantitative estimate of drug-likeness (QED) is 0.171. The van der Waals surface area contributed by atoms with E-state index in [2.05, 4.69) is 4.99 Å². The topological polar surface area (TPSA) is 64.7 Å². The van der Waals surface area contributed by atoms with Crippen LogP contribution < -0.4 is 4.74 Å². The van der Waals surface area contributed by atoms with Crippen LogP contribution in [0.25, 0.3) is 10.8 Å². The average Bonchev–Trinajstić information content (AvgIpc) is 2.79. The van der Waals surface area contributed by atoms with Crippen LogP contribution in [0, 0.1) is 24.0 Å². The maximum Gasteiger partial charge on any atom is 0.416 e. The summed E-state index contributed by atoms with van der Waals surface area (Å²) in [6.45, 7) is 3.97. The molecule has 172 valence electrons. The van der Waals surface area contributed by atoms with Crippen LogP contribution in [-0.2, 0) is 6.18 Å². The van der Waals surface area contributed by atoms with Gasteiger partial charge >= 0.3 is 11.9 Å². The predicted molar refractivity (Wildman–Crippen MR) is 125 cm³/mol. The minimum Gasteiger partial charge on any atom is -0.449 e. The normalized spacial score (nSPS) is 11.8. The number of halogens is 3. The highest BCUT2D eigenvalue weighted by Gasteiger charge is 2.33. The van der Waals surface area contributed by atoms with Crippen LogP contribution in [0.15, 0.2) is 77.8 Å². The van der Waals surface area contributed by atoms with Crippen LogP contribution in [0.2, 0.25) is 0 Å². The molecule has 0 aliphatic carbocycles. The van der Waals surface area contributed by atoms with Crippen molar-refractivity contribution in [3.63, 3.8) is 0 Å². The smallest absolute Gasteiger partial charge is 0.416 e. The van der Waals surface area contributed by atoms with E-state index in [1.807, 2.05) is 56.3 Å². The fraction of sp³-hybridized carbons (Fsp3) is 0.115. The van der Waals surface area contributed by atoms with Crippen molar-refractivity contribution in [3.05, 3.63) is 105 Å². The van der Waals surface area contributed by atoms with E-state index in [-0.39, 0.29) is 11.5 Å². The number of aryl methyl sites for hydroxylation is 2. The molecule has 0 saturated carbocycles. The molecule has 5 nitrogen and oxygen atoms in total. The summed E-state index contributed by atoms with van der Waals surface area (Å²) in [5, 5.41) is 13.2. The van der Waals surface area contributed by atoms with Gasteiger partial charge in [0.1, 0.15) is 5.75 Å². The minimum atomic E-state index is -4.71. The van der Waals surface area contributed by atoms with Gasteiger partial charge in [0.15, 0.2) is 0 Å². The van der Waals surface area contributed by atoms with Gasteiger partial charge in [-0.1, -0.05) is 36.4 Å². The summed E-state index contributed by atoms with van der Waals surface area (Å²) < 4.78 is 45.0. The Morgan fingerprint density at radius 3 is 2.35 bits per heavy atom. The number of nitro benzene ring substituents is 1. The van der Waals surface area contributed by atoms with Crippen molar-refractivity contribution in [2.75, 3.05) is 0 Å².